The van der Waals surface area contributed by atoms with Gasteiger partial charge >= 0.3 is 6.16 Å². The van der Waals surface area contributed by atoms with E-state index >= 15 is 4.39 Å². The lowest BCUT2D eigenvalue weighted by Crippen LogP contribution is -2.64. The molecule has 12 nitrogen and oxygen atoms in total. The van der Waals surface area contributed by atoms with E-state index in [0.717, 1.165) is 24.8 Å². The molecule has 1 saturated heterocycles. The third-order valence-electron chi connectivity index (χ3n) is 8.42. The summed E-state index contributed by atoms with van der Waals surface area (Å²) in [6, 6.07) is 5.92. The Bertz CT molecular complexity index is 1700. The van der Waals surface area contributed by atoms with Crippen molar-refractivity contribution in [1.82, 2.24) is 24.5 Å². The maximum absolute atomic E-state index is 15.1. The lowest BCUT2D eigenvalue weighted by atomic mass is 9.83. The first-order chi connectivity index (χ1) is 21.6. The molecule has 0 bridgehead atoms. The fraction of sp³-hybridized carbons (Fsp3) is 0.433. The van der Waals surface area contributed by atoms with E-state index in [9.17, 15) is 13.6 Å². The number of aromatic nitrogens is 5. The van der Waals surface area contributed by atoms with E-state index in [1.165, 1.54) is 25.6 Å². The van der Waals surface area contributed by atoms with Crippen LogP contribution in [0.1, 0.15) is 37.7 Å². The molecule has 45 heavy (non-hydrogen) atoms. The third kappa shape index (κ3) is 6.35. The Morgan fingerprint density at radius 1 is 1.16 bits per heavy atom. The number of methoxy groups -OCH3 is 1. The van der Waals surface area contributed by atoms with Crippen LogP contribution in [0.4, 0.5) is 29.5 Å². The van der Waals surface area contributed by atoms with Crippen molar-refractivity contribution < 1.29 is 32.2 Å². The SMILES string of the molecule is COC1CCN(c2cnc(-c3ccc(OC(=O)OC4CCC4)c(F)c3)cc2Cn2cnc3c(N)ncnc32)C[C@@]1(N)CC(F)F. The molecule has 1 saturated carbocycles. The van der Waals surface area contributed by atoms with Gasteiger partial charge in [0.15, 0.2) is 23.0 Å². The minimum atomic E-state index is -2.61. The highest BCUT2D eigenvalue weighted by Crippen LogP contribution is 2.35. The predicted octanol–water partition coefficient (Wildman–Crippen LogP) is 4.30. The predicted molar refractivity (Wildman–Crippen MR) is 158 cm³/mol. The van der Waals surface area contributed by atoms with E-state index in [0.29, 0.717) is 41.1 Å². The van der Waals surface area contributed by atoms with Crippen molar-refractivity contribution in [2.75, 3.05) is 30.8 Å². The zero-order valence-electron chi connectivity index (χ0n) is 24.5. The van der Waals surface area contributed by atoms with Crippen molar-refractivity contribution in [2.24, 2.45) is 5.73 Å². The van der Waals surface area contributed by atoms with E-state index in [2.05, 4.69) is 19.9 Å². The average molecular weight is 627 g/mol. The minimum Gasteiger partial charge on any atom is -0.431 e. The average Bonchev–Trinajstić information content (AvgIpc) is 3.39. The van der Waals surface area contributed by atoms with Crippen LogP contribution in [0.3, 0.4) is 0 Å². The Hall–Kier alpha value is -4.50. The molecule has 2 aliphatic rings. The molecule has 4 N–H and O–H groups in total. The van der Waals surface area contributed by atoms with E-state index < -0.39 is 36.5 Å². The van der Waals surface area contributed by atoms with Crippen LogP contribution in [-0.2, 0) is 16.0 Å². The molecule has 0 amide bonds. The highest BCUT2D eigenvalue weighted by Gasteiger charge is 2.43. The van der Waals surface area contributed by atoms with Crippen LogP contribution in [0.15, 0.2) is 43.1 Å². The van der Waals surface area contributed by atoms with Gasteiger partial charge in [0.1, 0.15) is 17.9 Å². The molecule has 0 radical (unpaired) electrons. The van der Waals surface area contributed by atoms with E-state index in [1.807, 2.05) is 4.90 Å². The first-order valence-electron chi connectivity index (χ1n) is 14.6. The van der Waals surface area contributed by atoms with Gasteiger partial charge < -0.3 is 35.1 Å². The largest absolute Gasteiger partial charge is 0.514 e. The molecule has 15 heteroatoms. The van der Waals surface area contributed by atoms with Crippen LogP contribution in [0.5, 0.6) is 5.75 Å². The van der Waals surface area contributed by atoms with Crippen molar-refractivity contribution in [3.05, 3.63) is 54.5 Å². The summed E-state index contributed by atoms with van der Waals surface area (Å²) in [5, 5.41) is 0. The first kappa shape index (κ1) is 30.5. The molecule has 4 heterocycles. The number of nitrogens with two attached hydrogens (primary N) is 2. The zero-order chi connectivity index (χ0) is 31.7. The Morgan fingerprint density at radius 2 is 1.98 bits per heavy atom. The molecule has 3 aromatic heterocycles. The van der Waals surface area contributed by atoms with Crippen LogP contribution in [0.2, 0.25) is 0 Å². The molecule has 0 spiro atoms. The molecular weight excluding hydrogens is 593 g/mol. The minimum absolute atomic E-state index is 0.0985. The van der Waals surface area contributed by atoms with E-state index in [4.69, 9.17) is 25.7 Å². The Balaban J connectivity index is 1.33. The van der Waals surface area contributed by atoms with Gasteiger partial charge in [-0.2, -0.15) is 0 Å². The van der Waals surface area contributed by atoms with Gasteiger partial charge in [-0.1, -0.05) is 0 Å². The molecule has 2 atom stereocenters. The highest BCUT2D eigenvalue weighted by atomic mass is 19.3. The Labute approximate surface area is 256 Å². The number of imidazole rings is 1. The van der Waals surface area contributed by atoms with Gasteiger partial charge in [-0.3, -0.25) is 4.98 Å². The smallest absolute Gasteiger partial charge is 0.431 e. The normalized spacial score (nSPS) is 20.4. The number of hydrogen-bond donors (Lipinski definition) is 2. The molecule has 6 rings (SSSR count). The number of halogens is 3. The van der Waals surface area contributed by atoms with Crippen LogP contribution in [0, 0.1) is 5.82 Å². The van der Waals surface area contributed by atoms with Crippen LogP contribution < -0.4 is 21.1 Å². The number of fused-ring (bicyclic) bond motifs is 1. The Kier molecular flexibility index (Phi) is 8.46. The van der Waals surface area contributed by atoms with Gasteiger partial charge in [-0.25, -0.2) is 32.9 Å². The molecule has 1 aromatic carbocycles. The molecule has 4 aromatic rings. The molecule has 238 valence electrons. The number of benzene rings is 1. The van der Waals surface area contributed by atoms with Gasteiger partial charge in [-0.05, 0) is 55.5 Å². The van der Waals surface area contributed by atoms with Crippen molar-refractivity contribution in [2.45, 2.75) is 62.8 Å². The summed E-state index contributed by atoms with van der Waals surface area (Å²) in [5.41, 5.74) is 14.4. The van der Waals surface area contributed by atoms with Crippen molar-refractivity contribution in [1.29, 1.82) is 0 Å². The second-order valence-electron chi connectivity index (χ2n) is 11.4. The standard InChI is InChI=1S/C30H33F3N8O4/c1-43-24-7-8-40(14-30(24,35)11-25(32)33)22-12-36-21(10-18(22)13-41-16-39-26-27(34)37-15-38-28(26)41)17-5-6-23(20(31)9-17)45-29(42)44-19-3-2-4-19/h5-6,9-10,12,15-16,19,24-25H,2-4,7-8,11,13-14,35H2,1H3,(H2,34,37,38)/t24?,30-/m0/s1. The summed E-state index contributed by atoms with van der Waals surface area (Å²) in [4.78, 5) is 31.2. The summed E-state index contributed by atoms with van der Waals surface area (Å²) in [5.74, 6) is -0.800. The quantitative estimate of drug-likeness (QED) is 0.202. The first-order valence-corrected chi connectivity index (χ1v) is 14.6. The number of carbonyl (C=O) groups is 1. The number of nitrogen functional groups attached to an aromatic ring is 1. The van der Waals surface area contributed by atoms with Crippen LogP contribution >= 0.6 is 0 Å². The third-order valence-corrected chi connectivity index (χ3v) is 8.42. The maximum Gasteiger partial charge on any atom is 0.514 e. The number of rotatable bonds is 9. The zero-order valence-corrected chi connectivity index (χ0v) is 24.5. The lowest BCUT2D eigenvalue weighted by Gasteiger charge is -2.46. The summed E-state index contributed by atoms with van der Waals surface area (Å²) >= 11 is 0. The highest BCUT2D eigenvalue weighted by molar-refractivity contribution is 5.81. The fourth-order valence-corrected chi connectivity index (χ4v) is 5.88. The maximum atomic E-state index is 15.1. The van der Waals surface area contributed by atoms with Gasteiger partial charge in [0, 0.05) is 32.2 Å². The molecular formula is C30H33F3N8O4. The van der Waals surface area contributed by atoms with E-state index in [1.54, 1.807) is 29.2 Å². The molecule has 1 aliphatic heterocycles. The number of hydrogen-bond acceptors (Lipinski definition) is 11. The van der Waals surface area contributed by atoms with Gasteiger partial charge in [0.25, 0.3) is 0 Å². The number of ether oxygens (including phenoxy) is 3. The fourth-order valence-electron chi connectivity index (χ4n) is 5.88. The molecule has 1 unspecified atom stereocenters. The molecule has 1 aliphatic carbocycles. The summed E-state index contributed by atoms with van der Waals surface area (Å²) in [7, 11) is 1.47. The topological polar surface area (TPSA) is 157 Å². The van der Waals surface area contributed by atoms with Gasteiger partial charge in [-0.15, -0.1) is 0 Å². The number of piperidine rings is 1. The van der Waals surface area contributed by atoms with Gasteiger partial charge in [0.05, 0.1) is 42.1 Å². The summed E-state index contributed by atoms with van der Waals surface area (Å²) < 4.78 is 59.8. The van der Waals surface area contributed by atoms with E-state index in [-0.39, 0.29) is 30.8 Å². The lowest BCUT2D eigenvalue weighted by molar-refractivity contribution is -0.0106. The van der Waals surface area contributed by atoms with Crippen molar-refractivity contribution in [3.63, 3.8) is 0 Å². The second kappa shape index (κ2) is 12.5. The molecule has 2 fully saturated rings. The van der Waals surface area contributed by atoms with Crippen LogP contribution in [-0.4, -0.2) is 75.0 Å². The number of alkyl halides is 2. The number of anilines is 2. The van der Waals surface area contributed by atoms with Gasteiger partial charge in [0.2, 0.25) is 6.43 Å². The van der Waals surface area contributed by atoms with Crippen molar-refractivity contribution >= 4 is 28.8 Å². The Morgan fingerprint density at radius 3 is 2.69 bits per heavy atom. The van der Waals surface area contributed by atoms with Crippen LogP contribution in [0.25, 0.3) is 22.4 Å². The number of carbonyl (C=O) groups excluding carboxylic acids is 1. The monoisotopic (exact) mass is 626 g/mol. The summed E-state index contributed by atoms with van der Waals surface area (Å²) in [6.45, 7) is 0.818. The second-order valence-corrected chi connectivity index (χ2v) is 11.4. The number of pyridine rings is 1. The number of nitrogens with zero attached hydrogens (tertiary/aromatic N) is 6. The van der Waals surface area contributed by atoms with Crippen molar-refractivity contribution in [3.8, 4) is 17.0 Å². The summed E-state index contributed by atoms with van der Waals surface area (Å²) in [6.07, 6.45) is 2.61.